The van der Waals surface area contributed by atoms with Crippen molar-refractivity contribution in [3.05, 3.63) is 64.8 Å². The first-order valence-corrected chi connectivity index (χ1v) is 13.1. The molecule has 4 atom stereocenters. The van der Waals surface area contributed by atoms with Crippen molar-refractivity contribution < 1.29 is 27.9 Å². The fourth-order valence-corrected chi connectivity index (χ4v) is 6.76. The van der Waals surface area contributed by atoms with E-state index in [-0.39, 0.29) is 17.9 Å². The lowest BCUT2D eigenvalue weighted by molar-refractivity contribution is -0.167. The molecule has 0 unspecified atom stereocenters. The van der Waals surface area contributed by atoms with Crippen molar-refractivity contribution in [3.63, 3.8) is 0 Å². The number of phenols is 1. The first kappa shape index (κ1) is 21.8. The summed E-state index contributed by atoms with van der Waals surface area (Å²) in [6.07, 6.45) is 2.46. The number of para-hydroxylation sites is 1. The van der Waals surface area contributed by atoms with Crippen LogP contribution in [-0.4, -0.2) is 64.6 Å². The molecule has 34 heavy (non-hydrogen) atoms. The van der Waals surface area contributed by atoms with Crippen molar-refractivity contribution in [2.24, 2.45) is 0 Å². The predicted molar refractivity (Wildman–Crippen MR) is 126 cm³/mol. The molecule has 2 aliphatic carbocycles. The van der Waals surface area contributed by atoms with Gasteiger partial charge in [-0.2, -0.15) is 8.42 Å². The Morgan fingerprint density at radius 2 is 1.91 bits per heavy atom. The third-order valence-electron chi connectivity index (χ3n) is 8.03. The van der Waals surface area contributed by atoms with Gasteiger partial charge >= 0.3 is 0 Å². The van der Waals surface area contributed by atoms with Crippen molar-refractivity contribution in [2.45, 2.75) is 42.4 Å². The highest BCUT2D eigenvalue weighted by Gasteiger charge is 2.72. The predicted octanol–water partition coefficient (Wildman–Crippen LogP) is 2.36. The Bertz CT molecular complexity index is 1450. The molecule has 9 heteroatoms. The molecular weight excluding hydrogens is 456 g/mol. The van der Waals surface area contributed by atoms with Gasteiger partial charge in [0.25, 0.3) is 10.1 Å². The molecule has 2 aliphatic heterocycles. The molecule has 0 radical (unpaired) electrons. The van der Waals surface area contributed by atoms with Gasteiger partial charge in [0.05, 0.1) is 28.5 Å². The third-order valence-corrected chi connectivity index (χ3v) is 8.03. The minimum atomic E-state index is -3.67. The van der Waals surface area contributed by atoms with Crippen molar-refractivity contribution >= 4 is 21.0 Å². The number of rotatable bonds is 0. The molecule has 3 N–H and O–H groups in total. The normalized spacial score (nSPS) is 30.6. The second-order valence-electron chi connectivity index (χ2n) is 9.93. The fraction of sp³-hybridized carbons (Fsp3) is 0.400. The van der Waals surface area contributed by atoms with Crippen LogP contribution in [0, 0.1) is 0 Å². The van der Waals surface area contributed by atoms with Gasteiger partial charge in [0.15, 0.2) is 17.6 Å². The summed E-state index contributed by atoms with van der Waals surface area (Å²) in [7, 11) is -1.55. The maximum absolute atomic E-state index is 12.4. The quantitative estimate of drug-likeness (QED) is 0.418. The average Bonchev–Trinajstić information content (AvgIpc) is 3.11. The molecule has 1 spiro atoms. The maximum atomic E-state index is 12.4. The molecular formula is C25H26N2O6S. The molecule has 2 bridgehead atoms. The van der Waals surface area contributed by atoms with E-state index in [9.17, 15) is 18.6 Å². The summed E-state index contributed by atoms with van der Waals surface area (Å²) in [5.74, 6) is 0.714. The van der Waals surface area contributed by atoms with Crippen LogP contribution in [0.15, 0.2) is 42.5 Å². The van der Waals surface area contributed by atoms with Crippen LogP contribution in [0.1, 0.15) is 34.9 Å². The summed E-state index contributed by atoms with van der Waals surface area (Å²) in [5.41, 5.74) is 3.61. The number of aliphatic hydroxyl groups is 1. The number of piperidine rings is 1. The van der Waals surface area contributed by atoms with Gasteiger partial charge in [-0.05, 0) is 55.8 Å². The number of aromatic nitrogens is 1. The highest BCUT2D eigenvalue weighted by molar-refractivity contribution is 7.85. The summed E-state index contributed by atoms with van der Waals surface area (Å²) >= 11 is 0. The zero-order chi connectivity index (χ0) is 24.0. The molecule has 4 aliphatic rings. The lowest BCUT2D eigenvalue weighted by Crippen LogP contribution is -2.74. The Balaban J connectivity index is 0.000000398. The van der Waals surface area contributed by atoms with E-state index in [1.54, 1.807) is 6.07 Å². The molecule has 1 saturated heterocycles. The van der Waals surface area contributed by atoms with E-state index in [2.05, 4.69) is 24.1 Å². The Kier molecular flexibility index (Phi) is 4.43. The number of hydrogen-bond donors (Lipinski definition) is 3. The average molecular weight is 483 g/mol. The monoisotopic (exact) mass is 482 g/mol. The number of hydrogen-bond acceptors (Lipinski definition) is 7. The van der Waals surface area contributed by atoms with Crippen molar-refractivity contribution in [2.75, 3.05) is 19.8 Å². The molecule has 1 fully saturated rings. The van der Waals surface area contributed by atoms with Gasteiger partial charge in [-0.25, -0.2) is 4.98 Å². The fourth-order valence-electron chi connectivity index (χ4n) is 6.76. The Hall–Kier alpha value is -2.72. The van der Waals surface area contributed by atoms with Gasteiger partial charge in [0.2, 0.25) is 0 Å². The van der Waals surface area contributed by atoms with Crippen LogP contribution in [0.25, 0.3) is 10.9 Å². The van der Waals surface area contributed by atoms with E-state index < -0.39 is 21.1 Å². The van der Waals surface area contributed by atoms with Crippen LogP contribution in [0.5, 0.6) is 11.5 Å². The van der Waals surface area contributed by atoms with Crippen LogP contribution in [0.3, 0.4) is 0 Å². The Morgan fingerprint density at radius 1 is 1.18 bits per heavy atom. The number of phenolic OH excluding ortho intramolecular Hbond substituents is 1. The number of ether oxygens (including phenoxy) is 1. The molecule has 0 amide bonds. The number of pyridine rings is 1. The topological polar surface area (TPSA) is 120 Å². The molecule has 2 aromatic carbocycles. The number of nitrogens with zero attached hydrogens (tertiary/aromatic N) is 2. The number of benzene rings is 2. The minimum absolute atomic E-state index is 0.0185. The van der Waals surface area contributed by atoms with Crippen molar-refractivity contribution in [1.82, 2.24) is 9.88 Å². The SMILES string of the molecule is CN1CC[C@]23c4c5ccc(O)c4O[C@H]2c2nc4ccccc4cc2C[C@@]3(O)[C@H]1C5.CS(=O)(=O)O. The van der Waals surface area contributed by atoms with E-state index in [0.717, 1.165) is 47.1 Å². The summed E-state index contributed by atoms with van der Waals surface area (Å²) in [6.45, 7) is 0.893. The summed E-state index contributed by atoms with van der Waals surface area (Å²) in [6, 6.07) is 14.0. The van der Waals surface area contributed by atoms with Gasteiger partial charge in [0, 0.05) is 23.4 Å². The molecule has 8 nitrogen and oxygen atoms in total. The van der Waals surface area contributed by atoms with Gasteiger partial charge in [-0.15, -0.1) is 0 Å². The van der Waals surface area contributed by atoms with E-state index in [4.69, 9.17) is 14.3 Å². The van der Waals surface area contributed by atoms with E-state index in [1.807, 2.05) is 24.3 Å². The summed E-state index contributed by atoms with van der Waals surface area (Å²) < 4.78 is 32.4. The maximum Gasteiger partial charge on any atom is 0.261 e. The largest absolute Gasteiger partial charge is 0.504 e. The van der Waals surface area contributed by atoms with Crippen molar-refractivity contribution in [3.8, 4) is 11.5 Å². The molecule has 0 saturated carbocycles. The van der Waals surface area contributed by atoms with Gasteiger partial charge in [-0.1, -0.05) is 24.3 Å². The zero-order valence-corrected chi connectivity index (χ0v) is 19.7. The van der Waals surface area contributed by atoms with Crippen LogP contribution < -0.4 is 4.74 Å². The third kappa shape index (κ3) is 2.81. The summed E-state index contributed by atoms with van der Waals surface area (Å²) in [5, 5.41) is 24.1. The van der Waals surface area contributed by atoms with Crippen LogP contribution in [0.4, 0.5) is 0 Å². The second kappa shape index (κ2) is 6.91. The molecule has 3 heterocycles. The second-order valence-corrected chi connectivity index (χ2v) is 11.4. The van der Waals surface area contributed by atoms with E-state index in [0.29, 0.717) is 18.4 Å². The summed E-state index contributed by atoms with van der Waals surface area (Å²) in [4.78, 5) is 7.32. The molecule has 178 valence electrons. The van der Waals surface area contributed by atoms with Crippen molar-refractivity contribution in [1.29, 1.82) is 0 Å². The smallest absolute Gasteiger partial charge is 0.261 e. The highest BCUT2D eigenvalue weighted by Crippen LogP contribution is 2.68. The first-order chi connectivity index (χ1) is 16.0. The van der Waals surface area contributed by atoms with E-state index in [1.165, 1.54) is 5.56 Å². The lowest BCUT2D eigenvalue weighted by Gasteiger charge is -2.62. The van der Waals surface area contributed by atoms with Gasteiger partial charge in [0.1, 0.15) is 0 Å². The number of likely N-dealkylation sites (N-methyl/N-ethyl adjacent to an activating group) is 1. The van der Waals surface area contributed by atoms with Crippen LogP contribution >= 0.6 is 0 Å². The lowest BCUT2D eigenvalue weighted by atomic mass is 9.49. The standard InChI is InChI=1S/C24H22N2O3.CH4O3S/c1-26-9-8-23-19-14-6-7-17(27)21(19)29-22(23)20-15(12-24(23,28)18(26)11-14)10-13-4-2-3-5-16(13)25-20;1-5(2,3)4/h2-7,10,18,22,27-28H,8-9,11-12H2,1H3;1H3,(H,2,3,4)/t18-,22+,23+,24-;/m1./s1. The zero-order valence-electron chi connectivity index (χ0n) is 18.9. The minimum Gasteiger partial charge on any atom is -0.504 e. The number of fused-ring (bicyclic) bond motifs is 3. The van der Waals surface area contributed by atoms with Crippen LogP contribution in [-0.2, 0) is 28.4 Å². The molecule has 7 rings (SSSR count). The number of aromatic hydroxyl groups is 1. The van der Waals surface area contributed by atoms with Crippen LogP contribution in [0.2, 0.25) is 0 Å². The van der Waals surface area contributed by atoms with Gasteiger partial charge in [-0.3, -0.25) is 4.55 Å². The Morgan fingerprint density at radius 3 is 2.68 bits per heavy atom. The number of likely N-dealkylation sites (tertiary alicyclic amines) is 1. The molecule has 1 aromatic heterocycles. The highest BCUT2D eigenvalue weighted by atomic mass is 32.2. The Labute approximate surface area is 197 Å². The van der Waals surface area contributed by atoms with E-state index >= 15 is 0 Å². The first-order valence-electron chi connectivity index (χ1n) is 11.3. The molecule has 3 aromatic rings. The van der Waals surface area contributed by atoms with Gasteiger partial charge < -0.3 is 19.8 Å².